The largest absolute Gasteiger partial charge is 0.350 e. The van der Waals surface area contributed by atoms with Crippen molar-refractivity contribution in [3.8, 4) is 0 Å². The Balaban J connectivity index is 2.04. The zero-order valence-electron chi connectivity index (χ0n) is 12.2. The maximum atomic E-state index is 12.1. The van der Waals surface area contributed by atoms with Crippen molar-refractivity contribution in [1.29, 1.82) is 0 Å². The van der Waals surface area contributed by atoms with Crippen LogP contribution in [0.5, 0.6) is 0 Å². The molecule has 7 nitrogen and oxygen atoms in total. The van der Waals surface area contributed by atoms with Gasteiger partial charge >= 0.3 is 0 Å². The monoisotopic (exact) mass is 276 g/mol. The average molecular weight is 276 g/mol. The minimum atomic E-state index is -0.116. The van der Waals surface area contributed by atoms with E-state index < -0.39 is 0 Å². The minimum Gasteiger partial charge on any atom is -0.350 e. The number of fused-ring (bicyclic) bond motifs is 1. The molecule has 1 N–H and O–H groups in total. The van der Waals surface area contributed by atoms with Crippen molar-refractivity contribution in [3.63, 3.8) is 0 Å². The number of pyridine rings is 1. The lowest BCUT2D eigenvalue weighted by atomic mass is 10.0. The highest BCUT2D eigenvalue weighted by Gasteiger charge is 2.17. The number of aromatic nitrogens is 4. The van der Waals surface area contributed by atoms with Crippen molar-refractivity contribution in [1.82, 2.24) is 30.3 Å². The molecule has 2 aromatic heterocycles. The number of carbonyl (C=O) groups is 1. The molecule has 1 atom stereocenters. The molecule has 0 aromatic carbocycles. The van der Waals surface area contributed by atoms with Gasteiger partial charge in [-0.25, -0.2) is 0 Å². The molecule has 0 unspecified atom stereocenters. The SMILES string of the molecule is CC(C)[C@H](CNC(=O)c1ccc2nnnn2c1)N(C)C. The zero-order chi connectivity index (χ0) is 14.7. The topological polar surface area (TPSA) is 75.4 Å². The third-order valence-electron chi connectivity index (χ3n) is 3.36. The Labute approximate surface area is 118 Å². The van der Waals surface area contributed by atoms with Crippen molar-refractivity contribution in [2.75, 3.05) is 20.6 Å². The van der Waals surface area contributed by atoms with E-state index in [1.54, 1.807) is 18.3 Å². The summed E-state index contributed by atoms with van der Waals surface area (Å²) in [6.07, 6.45) is 1.63. The fraction of sp³-hybridized carbons (Fsp3) is 0.538. The Morgan fingerprint density at radius 3 is 2.80 bits per heavy atom. The van der Waals surface area contributed by atoms with E-state index in [1.165, 1.54) is 4.52 Å². The van der Waals surface area contributed by atoms with Gasteiger partial charge in [0.15, 0.2) is 5.65 Å². The van der Waals surface area contributed by atoms with E-state index in [9.17, 15) is 4.79 Å². The molecule has 0 saturated carbocycles. The molecular formula is C13H20N6O. The lowest BCUT2D eigenvalue weighted by Gasteiger charge is -2.28. The average Bonchev–Trinajstić information content (AvgIpc) is 2.84. The van der Waals surface area contributed by atoms with Gasteiger partial charge in [-0.2, -0.15) is 4.52 Å². The highest BCUT2D eigenvalue weighted by Crippen LogP contribution is 2.07. The van der Waals surface area contributed by atoms with Crippen LogP contribution in [0, 0.1) is 5.92 Å². The summed E-state index contributed by atoms with van der Waals surface area (Å²) in [7, 11) is 4.04. The first kappa shape index (κ1) is 14.4. The quantitative estimate of drug-likeness (QED) is 0.857. The predicted molar refractivity (Wildman–Crippen MR) is 75.4 cm³/mol. The summed E-state index contributed by atoms with van der Waals surface area (Å²) in [5.41, 5.74) is 1.17. The van der Waals surface area contributed by atoms with Crippen LogP contribution in [-0.4, -0.2) is 57.5 Å². The highest BCUT2D eigenvalue weighted by atomic mass is 16.1. The van der Waals surface area contributed by atoms with Gasteiger partial charge in [-0.1, -0.05) is 13.8 Å². The first-order valence-corrected chi connectivity index (χ1v) is 6.61. The van der Waals surface area contributed by atoms with E-state index in [1.807, 2.05) is 14.1 Å². The smallest absolute Gasteiger partial charge is 0.252 e. The van der Waals surface area contributed by atoms with Crippen molar-refractivity contribution >= 4 is 11.6 Å². The summed E-state index contributed by atoms with van der Waals surface area (Å²) in [6, 6.07) is 3.75. The first-order chi connectivity index (χ1) is 9.49. The van der Waals surface area contributed by atoms with Crippen LogP contribution in [0.25, 0.3) is 5.65 Å². The summed E-state index contributed by atoms with van der Waals surface area (Å²) in [6.45, 7) is 4.89. The summed E-state index contributed by atoms with van der Waals surface area (Å²) in [5.74, 6) is 0.349. The van der Waals surface area contributed by atoms with Crippen molar-refractivity contribution in [2.45, 2.75) is 19.9 Å². The van der Waals surface area contributed by atoms with Gasteiger partial charge in [0.1, 0.15) is 0 Å². The molecule has 0 aliphatic heterocycles. The molecule has 20 heavy (non-hydrogen) atoms. The molecule has 2 heterocycles. The number of hydrogen-bond donors (Lipinski definition) is 1. The maximum absolute atomic E-state index is 12.1. The van der Waals surface area contributed by atoms with E-state index in [0.29, 0.717) is 29.7 Å². The molecule has 1 amide bonds. The van der Waals surface area contributed by atoms with Crippen LogP contribution in [-0.2, 0) is 0 Å². The summed E-state index contributed by atoms with van der Waals surface area (Å²) < 4.78 is 1.49. The Morgan fingerprint density at radius 2 is 2.15 bits per heavy atom. The van der Waals surface area contributed by atoms with Crippen LogP contribution in [0.2, 0.25) is 0 Å². The number of hydrogen-bond acceptors (Lipinski definition) is 5. The van der Waals surface area contributed by atoms with Gasteiger partial charge in [-0.15, -0.1) is 5.10 Å². The molecule has 108 valence electrons. The van der Waals surface area contributed by atoms with Crippen LogP contribution in [0.1, 0.15) is 24.2 Å². The Kier molecular flexibility index (Phi) is 4.29. The normalized spacial score (nSPS) is 13.1. The van der Waals surface area contributed by atoms with E-state index in [0.717, 1.165) is 0 Å². The van der Waals surface area contributed by atoms with Gasteiger partial charge in [0, 0.05) is 18.8 Å². The van der Waals surface area contributed by atoms with Gasteiger partial charge in [-0.05, 0) is 42.6 Å². The lowest BCUT2D eigenvalue weighted by molar-refractivity contribution is 0.0934. The summed E-state index contributed by atoms with van der Waals surface area (Å²) in [4.78, 5) is 14.3. The second-order valence-electron chi connectivity index (χ2n) is 5.38. The fourth-order valence-corrected chi connectivity index (χ4v) is 2.19. The molecule has 0 fully saturated rings. The van der Waals surface area contributed by atoms with Crippen molar-refractivity contribution in [2.24, 2.45) is 5.92 Å². The molecule has 2 aromatic rings. The van der Waals surface area contributed by atoms with Crippen LogP contribution in [0.3, 0.4) is 0 Å². The number of nitrogens with one attached hydrogen (secondary N) is 1. The molecule has 0 aliphatic rings. The standard InChI is InChI=1S/C13H20N6O/c1-9(2)11(18(3)4)7-14-13(20)10-5-6-12-15-16-17-19(12)8-10/h5-6,8-9,11H,7H2,1-4H3,(H,14,20)/t11-/m0/s1. The van der Waals surface area contributed by atoms with Gasteiger partial charge in [0.25, 0.3) is 5.91 Å². The van der Waals surface area contributed by atoms with Crippen LogP contribution in [0.15, 0.2) is 18.3 Å². The van der Waals surface area contributed by atoms with Crippen LogP contribution in [0.4, 0.5) is 0 Å². The number of amides is 1. The number of nitrogens with zero attached hydrogens (tertiary/aromatic N) is 5. The molecule has 2 rings (SSSR count). The predicted octanol–water partition coefficient (Wildman–Crippen LogP) is 0.440. The maximum Gasteiger partial charge on any atom is 0.252 e. The second-order valence-corrected chi connectivity index (χ2v) is 5.38. The molecule has 0 radical (unpaired) electrons. The third kappa shape index (κ3) is 3.11. The Morgan fingerprint density at radius 1 is 1.40 bits per heavy atom. The number of likely N-dealkylation sites (N-methyl/N-ethyl adjacent to an activating group) is 1. The summed E-state index contributed by atoms with van der Waals surface area (Å²) in [5, 5.41) is 14.1. The van der Waals surface area contributed by atoms with E-state index in [4.69, 9.17) is 0 Å². The Hall–Kier alpha value is -2.02. The molecular weight excluding hydrogens is 256 g/mol. The lowest BCUT2D eigenvalue weighted by Crippen LogP contribution is -2.43. The van der Waals surface area contributed by atoms with Gasteiger partial charge in [-0.3, -0.25) is 4.79 Å². The van der Waals surface area contributed by atoms with E-state index >= 15 is 0 Å². The first-order valence-electron chi connectivity index (χ1n) is 6.61. The van der Waals surface area contributed by atoms with Crippen molar-refractivity contribution < 1.29 is 4.79 Å². The van der Waals surface area contributed by atoms with E-state index in [2.05, 4.69) is 39.6 Å². The number of rotatable bonds is 5. The summed E-state index contributed by atoms with van der Waals surface area (Å²) >= 11 is 0. The van der Waals surface area contributed by atoms with E-state index in [-0.39, 0.29) is 5.91 Å². The molecule has 0 spiro atoms. The highest BCUT2D eigenvalue weighted by molar-refractivity contribution is 5.94. The molecule has 0 aliphatic carbocycles. The van der Waals surface area contributed by atoms with Gasteiger partial charge < -0.3 is 10.2 Å². The van der Waals surface area contributed by atoms with Gasteiger partial charge in [0.2, 0.25) is 0 Å². The second kappa shape index (κ2) is 5.96. The third-order valence-corrected chi connectivity index (χ3v) is 3.36. The molecule has 7 heteroatoms. The van der Waals surface area contributed by atoms with Crippen molar-refractivity contribution in [3.05, 3.63) is 23.9 Å². The fourth-order valence-electron chi connectivity index (χ4n) is 2.19. The van der Waals surface area contributed by atoms with Gasteiger partial charge in [0.05, 0.1) is 5.56 Å². The number of tetrazole rings is 1. The Bertz CT molecular complexity index is 583. The van der Waals surface area contributed by atoms with Crippen LogP contribution >= 0.6 is 0 Å². The molecule has 0 saturated heterocycles. The zero-order valence-corrected chi connectivity index (χ0v) is 12.2. The number of carbonyl (C=O) groups excluding carboxylic acids is 1. The molecule has 0 bridgehead atoms. The van der Waals surface area contributed by atoms with Crippen LogP contribution < -0.4 is 5.32 Å². The minimum absolute atomic E-state index is 0.116.